The van der Waals surface area contributed by atoms with Gasteiger partial charge in [0.05, 0.1) is 6.10 Å². The Morgan fingerprint density at radius 2 is 1.73 bits per heavy atom. The number of methoxy groups -OCH3 is 1. The lowest BCUT2D eigenvalue weighted by Crippen LogP contribution is -2.38. The molecule has 0 aliphatic rings. The predicted octanol–water partition coefficient (Wildman–Crippen LogP) is 2.36. The van der Waals surface area contributed by atoms with Crippen LogP contribution in [0.2, 0.25) is 0 Å². The van der Waals surface area contributed by atoms with Gasteiger partial charge in [-0.15, -0.1) is 0 Å². The van der Waals surface area contributed by atoms with Gasteiger partial charge in [-0.3, -0.25) is 4.99 Å². The largest absolute Gasteiger partial charge is 0.385 e. The molecule has 124 valence electrons. The maximum atomic E-state index is 5.84. The van der Waals surface area contributed by atoms with E-state index in [-0.39, 0.29) is 6.10 Å². The average Bonchev–Trinajstić information content (AvgIpc) is 2.57. The van der Waals surface area contributed by atoms with Gasteiger partial charge >= 0.3 is 0 Å². The first kappa shape index (κ1) is 18.5. The minimum absolute atomic E-state index is 0.132. The molecule has 0 aliphatic heterocycles. The van der Waals surface area contributed by atoms with Crippen molar-refractivity contribution >= 4 is 5.96 Å². The minimum atomic E-state index is 0.132. The molecule has 1 atom stereocenters. The Morgan fingerprint density at radius 1 is 1.09 bits per heavy atom. The summed E-state index contributed by atoms with van der Waals surface area (Å²) in [7, 11) is 3.49. The molecular weight excluding hydrogens is 278 g/mol. The zero-order valence-electron chi connectivity index (χ0n) is 14.0. The SMILES string of the molecule is CN=C(NCCCOC)NCCCOC(C)c1ccccc1. The van der Waals surface area contributed by atoms with Crippen molar-refractivity contribution in [3.8, 4) is 0 Å². The first-order valence-electron chi connectivity index (χ1n) is 7.88. The minimum Gasteiger partial charge on any atom is -0.385 e. The highest BCUT2D eigenvalue weighted by atomic mass is 16.5. The van der Waals surface area contributed by atoms with E-state index in [1.807, 2.05) is 18.2 Å². The van der Waals surface area contributed by atoms with Crippen LogP contribution in [-0.4, -0.2) is 46.4 Å². The van der Waals surface area contributed by atoms with Crippen molar-refractivity contribution in [3.63, 3.8) is 0 Å². The van der Waals surface area contributed by atoms with Gasteiger partial charge < -0.3 is 20.1 Å². The standard InChI is InChI=1S/C17H29N3O2/c1-15(16-9-5-4-6-10-16)22-14-8-12-20-17(18-2)19-11-7-13-21-3/h4-6,9-10,15H,7-8,11-14H2,1-3H3,(H2,18,19,20). The molecule has 22 heavy (non-hydrogen) atoms. The predicted molar refractivity (Wildman–Crippen MR) is 91.3 cm³/mol. The Balaban J connectivity index is 2.08. The Hall–Kier alpha value is -1.59. The van der Waals surface area contributed by atoms with Crippen LogP contribution in [0.4, 0.5) is 0 Å². The second-order valence-electron chi connectivity index (χ2n) is 5.05. The van der Waals surface area contributed by atoms with E-state index in [2.05, 4.69) is 34.7 Å². The van der Waals surface area contributed by atoms with E-state index < -0.39 is 0 Å². The van der Waals surface area contributed by atoms with Gasteiger partial charge in [0.25, 0.3) is 0 Å². The molecule has 5 nitrogen and oxygen atoms in total. The summed E-state index contributed by atoms with van der Waals surface area (Å²) in [5.74, 6) is 0.826. The van der Waals surface area contributed by atoms with Crippen LogP contribution in [0.15, 0.2) is 35.3 Å². The molecule has 1 aromatic carbocycles. The van der Waals surface area contributed by atoms with Gasteiger partial charge in [-0.1, -0.05) is 30.3 Å². The summed E-state index contributed by atoms with van der Waals surface area (Å²) in [6.45, 7) is 5.26. The molecule has 0 saturated carbocycles. The highest BCUT2D eigenvalue weighted by molar-refractivity contribution is 5.79. The monoisotopic (exact) mass is 307 g/mol. The van der Waals surface area contributed by atoms with Gasteiger partial charge in [0.2, 0.25) is 0 Å². The molecule has 0 bridgehead atoms. The molecule has 2 N–H and O–H groups in total. The normalized spacial score (nSPS) is 13.0. The number of nitrogens with one attached hydrogen (secondary N) is 2. The lowest BCUT2D eigenvalue weighted by molar-refractivity contribution is 0.0646. The third kappa shape index (κ3) is 8.00. The number of benzene rings is 1. The highest BCUT2D eigenvalue weighted by Gasteiger charge is 2.04. The summed E-state index contributed by atoms with van der Waals surface area (Å²) in [6, 6.07) is 10.3. The number of hydrogen-bond donors (Lipinski definition) is 2. The molecule has 0 spiro atoms. The molecule has 5 heteroatoms. The molecule has 1 aromatic rings. The third-order valence-electron chi connectivity index (χ3n) is 3.29. The molecule has 0 radical (unpaired) electrons. The van der Waals surface area contributed by atoms with E-state index in [0.29, 0.717) is 0 Å². The fourth-order valence-corrected chi connectivity index (χ4v) is 2.00. The Bertz CT molecular complexity index is 410. The van der Waals surface area contributed by atoms with Gasteiger partial charge in [-0.25, -0.2) is 0 Å². The highest BCUT2D eigenvalue weighted by Crippen LogP contribution is 2.15. The zero-order chi connectivity index (χ0) is 16.0. The third-order valence-corrected chi connectivity index (χ3v) is 3.29. The lowest BCUT2D eigenvalue weighted by Gasteiger charge is -2.14. The number of aliphatic imine (C=N–C) groups is 1. The molecule has 1 rings (SSSR count). The zero-order valence-corrected chi connectivity index (χ0v) is 14.0. The van der Waals surface area contributed by atoms with E-state index in [9.17, 15) is 0 Å². The summed E-state index contributed by atoms with van der Waals surface area (Å²) in [6.07, 6.45) is 2.04. The summed E-state index contributed by atoms with van der Waals surface area (Å²) >= 11 is 0. The van der Waals surface area contributed by atoms with Crippen LogP contribution in [0.25, 0.3) is 0 Å². The van der Waals surface area contributed by atoms with Gasteiger partial charge in [-0.2, -0.15) is 0 Å². The van der Waals surface area contributed by atoms with Crippen molar-refractivity contribution in [2.24, 2.45) is 4.99 Å². The fraction of sp³-hybridized carbons (Fsp3) is 0.588. The van der Waals surface area contributed by atoms with Crippen LogP contribution >= 0.6 is 0 Å². The number of ether oxygens (including phenoxy) is 2. The van der Waals surface area contributed by atoms with E-state index in [1.165, 1.54) is 5.56 Å². The average molecular weight is 307 g/mol. The lowest BCUT2D eigenvalue weighted by atomic mass is 10.1. The molecular formula is C17H29N3O2. The number of nitrogens with zero attached hydrogens (tertiary/aromatic N) is 1. The van der Waals surface area contributed by atoms with Gasteiger partial charge in [-0.05, 0) is 25.3 Å². The molecule has 0 saturated heterocycles. The van der Waals surface area contributed by atoms with Crippen molar-refractivity contribution in [2.45, 2.75) is 25.9 Å². The Kier molecular flexibility index (Phi) is 10.1. The molecule has 0 fully saturated rings. The summed E-state index contributed by atoms with van der Waals surface area (Å²) < 4.78 is 10.9. The van der Waals surface area contributed by atoms with Gasteiger partial charge in [0.15, 0.2) is 5.96 Å². The second kappa shape index (κ2) is 12.0. The molecule has 1 unspecified atom stereocenters. The van der Waals surface area contributed by atoms with Crippen molar-refractivity contribution in [1.29, 1.82) is 0 Å². The quantitative estimate of drug-likeness (QED) is 0.396. The topological polar surface area (TPSA) is 54.9 Å². The Morgan fingerprint density at radius 3 is 2.32 bits per heavy atom. The maximum Gasteiger partial charge on any atom is 0.190 e. The van der Waals surface area contributed by atoms with Gasteiger partial charge in [0, 0.05) is 40.5 Å². The summed E-state index contributed by atoms with van der Waals surface area (Å²) in [5.41, 5.74) is 1.21. The number of guanidine groups is 1. The van der Waals surface area contributed by atoms with Crippen LogP contribution in [0.3, 0.4) is 0 Å². The van der Waals surface area contributed by atoms with Crippen molar-refractivity contribution in [2.75, 3.05) is 40.5 Å². The van der Waals surface area contributed by atoms with Crippen molar-refractivity contribution in [1.82, 2.24) is 10.6 Å². The number of hydrogen-bond acceptors (Lipinski definition) is 3. The van der Waals surface area contributed by atoms with E-state index in [4.69, 9.17) is 9.47 Å². The van der Waals surface area contributed by atoms with Crippen molar-refractivity contribution < 1.29 is 9.47 Å². The van der Waals surface area contributed by atoms with Crippen LogP contribution in [-0.2, 0) is 9.47 Å². The molecule has 0 aromatic heterocycles. The van der Waals surface area contributed by atoms with Gasteiger partial charge in [0.1, 0.15) is 0 Å². The Labute approximate surface area is 134 Å². The van der Waals surface area contributed by atoms with Crippen LogP contribution in [0, 0.1) is 0 Å². The first-order chi connectivity index (χ1) is 10.8. The van der Waals surface area contributed by atoms with Crippen LogP contribution in [0.5, 0.6) is 0 Å². The van der Waals surface area contributed by atoms with E-state index in [1.54, 1.807) is 14.2 Å². The smallest absolute Gasteiger partial charge is 0.190 e. The van der Waals surface area contributed by atoms with Crippen LogP contribution in [0.1, 0.15) is 31.4 Å². The van der Waals surface area contributed by atoms with Crippen LogP contribution < -0.4 is 10.6 Å². The molecule has 0 heterocycles. The summed E-state index contributed by atoms with van der Waals surface area (Å²) in [5, 5.41) is 6.53. The second-order valence-corrected chi connectivity index (χ2v) is 5.05. The fourth-order valence-electron chi connectivity index (χ4n) is 2.00. The molecule has 0 aliphatic carbocycles. The first-order valence-corrected chi connectivity index (χ1v) is 7.88. The van der Waals surface area contributed by atoms with E-state index >= 15 is 0 Å². The van der Waals surface area contributed by atoms with E-state index in [0.717, 1.165) is 45.1 Å². The molecule has 0 amide bonds. The maximum absolute atomic E-state index is 5.84. The number of rotatable bonds is 10. The summed E-state index contributed by atoms with van der Waals surface area (Å²) in [4.78, 5) is 4.18. The van der Waals surface area contributed by atoms with Crippen molar-refractivity contribution in [3.05, 3.63) is 35.9 Å².